The Kier molecular flexibility index (Phi) is 5.90. The number of ether oxygens (including phenoxy) is 1. The number of halogens is 2. The number of carbonyl (C=O) groups excluding carboxylic acids is 3. The van der Waals surface area contributed by atoms with Crippen LogP contribution in [0.4, 0.5) is 4.39 Å². The van der Waals surface area contributed by atoms with Crippen molar-refractivity contribution in [2.24, 2.45) is 5.41 Å². The molecule has 0 saturated heterocycles. The highest BCUT2D eigenvalue weighted by Gasteiger charge is 2.68. The third-order valence-electron chi connectivity index (χ3n) is 5.99. The van der Waals surface area contributed by atoms with Crippen LogP contribution in [0.3, 0.4) is 0 Å². The molecule has 0 aliphatic heterocycles. The predicted molar refractivity (Wildman–Crippen MR) is 115 cm³/mol. The number of hydrogen-bond acceptors (Lipinski definition) is 5. The van der Waals surface area contributed by atoms with E-state index in [2.05, 4.69) is 15.6 Å². The van der Waals surface area contributed by atoms with Crippen LogP contribution in [0.5, 0.6) is 5.75 Å². The molecule has 2 aromatic rings. The van der Waals surface area contributed by atoms with E-state index < -0.39 is 5.82 Å². The van der Waals surface area contributed by atoms with Gasteiger partial charge in [-0.05, 0) is 55.9 Å². The summed E-state index contributed by atoms with van der Waals surface area (Å²) in [4.78, 5) is 40.8. The zero-order valence-corrected chi connectivity index (χ0v) is 18.3. The summed E-state index contributed by atoms with van der Waals surface area (Å²) in [5, 5.41) is 5.65. The second-order valence-electron chi connectivity index (χ2n) is 8.61. The van der Waals surface area contributed by atoms with Gasteiger partial charge in [0.2, 0.25) is 0 Å². The first-order valence-electron chi connectivity index (χ1n) is 10.4. The molecule has 2 N–H and O–H groups in total. The topological polar surface area (TPSA) is 97.4 Å². The monoisotopic (exact) mass is 459 g/mol. The van der Waals surface area contributed by atoms with Crippen LogP contribution in [0, 0.1) is 11.2 Å². The standard InChI is InChI=1S/C23H23ClFN3O4/c1-2-26-21(31)14-3-6-18(27-9-14)19(29)8-22-11-23(12-22,13-22)28-20(30)10-32-15-4-5-16(24)17(25)7-15/h3-7,9H,2,8,10-13H2,1H3,(H,26,31)(H,28,30). The van der Waals surface area contributed by atoms with Crippen LogP contribution in [-0.4, -0.2) is 41.3 Å². The Morgan fingerprint density at radius 3 is 2.56 bits per heavy atom. The molecule has 5 rings (SSSR count). The van der Waals surface area contributed by atoms with Gasteiger partial charge >= 0.3 is 0 Å². The number of pyridine rings is 1. The number of nitrogens with zero attached hydrogens (tertiary/aromatic N) is 1. The highest BCUT2D eigenvalue weighted by atomic mass is 35.5. The smallest absolute Gasteiger partial charge is 0.258 e. The molecule has 1 aromatic carbocycles. The van der Waals surface area contributed by atoms with E-state index in [1.807, 2.05) is 6.92 Å². The SMILES string of the molecule is CCNC(=O)c1ccc(C(=O)CC23CC(NC(=O)COc4ccc(Cl)c(F)c4)(C2)C3)nc1. The summed E-state index contributed by atoms with van der Waals surface area (Å²) in [5.41, 5.74) is 0.356. The molecule has 0 spiro atoms. The number of Topliss-reactive ketones (excluding diaryl/α,β-unsaturated/α-hetero) is 1. The number of amides is 2. The molecule has 0 unspecified atom stereocenters. The van der Waals surface area contributed by atoms with E-state index in [0.29, 0.717) is 24.2 Å². The molecule has 3 aliphatic carbocycles. The van der Waals surface area contributed by atoms with E-state index in [-0.39, 0.29) is 45.9 Å². The Hall–Kier alpha value is -3.00. The van der Waals surface area contributed by atoms with Gasteiger partial charge in [-0.1, -0.05) is 11.6 Å². The third-order valence-corrected chi connectivity index (χ3v) is 6.30. The van der Waals surface area contributed by atoms with Crippen LogP contribution in [0.15, 0.2) is 36.5 Å². The van der Waals surface area contributed by atoms with Crippen molar-refractivity contribution in [3.63, 3.8) is 0 Å². The molecule has 32 heavy (non-hydrogen) atoms. The summed E-state index contributed by atoms with van der Waals surface area (Å²) < 4.78 is 18.8. The van der Waals surface area contributed by atoms with Gasteiger partial charge in [0.15, 0.2) is 12.4 Å². The minimum atomic E-state index is -0.607. The Balaban J connectivity index is 1.23. The summed E-state index contributed by atoms with van der Waals surface area (Å²) in [7, 11) is 0. The van der Waals surface area contributed by atoms with Crippen LogP contribution in [0.2, 0.25) is 5.02 Å². The molecule has 3 fully saturated rings. The van der Waals surface area contributed by atoms with Crippen molar-refractivity contribution in [1.29, 1.82) is 0 Å². The number of aromatic nitrogens is 1. The lowest BCUT2D eigenvalue weighted by atomic mass is 9.38. The fourth-order valence-corrected chi connectivity index (χ4v) is 4.87. The largest absolute Gasteiger partial charge is 0.484 e. The van der Waals surface area contributed by atoms with E-state index in [1.165, 1.54) is 18.3 Å². The van der Waals surface area contributed by atoms with E-state index in [9.17, 15) is 18.8 Å². The molecule has 1 aromatic heterocycles. The molecule has 2 bridgehead atoms. The van der Waals surface area contributed by atoms with Gasteiger partial charge in [0.1, 0.15) is 17.3 Å². The Bertz CT molecular complexity index is 1050. The molecule has 2 amide bonds. The Labute approximate surface area is 189 Å². The lowest BCUT2D eigenvalue weighted by Crippen LogP contribution is -2.75. The van der Waals surface area contributed by atoms with Crippen LogP contribution >= 0.6 is 11.6 Å². The van der Waals surface area contributed by atoms with Crippen molar-refractivity contribution in [2.45, 2.75) is 38.1 Å². The van der Waals surface area contributed by atoms with Gasteiger partial charge in [0.05, 0.1) is 10.6 Å². The predicted octanol–water partition coefficient (Wildman–Crippen LogP) is 3.31. The summed E-state index contributed by atoms with van der Waals surface area (Å²) in [6.07, 6.45) is 3.95. The Morgan fingerprint density at radius 1 is 1.19 bits per heavy atom. The molecule has 3 aliphatic rings. The minimum absolute atomic E-state index is 0.0105. The molecule has 9 heteroatoms. The van der Waals surface area contributed by atoms with Gasteiger partial charge in [-0.25, -0.2) is 4.39 Å². The maximum absolute atomic E-state index is 13.4. The zero-order chi connectivity index (χ0) is 22.9. The number of carbonyl (C=O) groups is 3. The lowest BCUT2D eigenvalue weighted by molar-refractivity contribution is -0.164. The molecule has 0 atom stereocenters. The van der Waals surface area contributed by atoms with Crippen LogP contribution in [0.1, 0.15) is 53.5 Å². The van der Waals surface area contributed by atoms with E-state index in [0.717, 1.165) is 25.3 Å². The number of hydrogen-bond donors (Lipinski definition) is 2. The average Bonchev–Trinajstić information content (AvgIpc) is 2.72. The van der Waals surface area contributed by atoms with E-state index in [1.54, 1.807) is 12.1 Å². The zero-order valence-electron chi connectivity index (χ0n) is 17.5. The summed E-state index contributed by atoms with van der Waals surface area (Å²) >= 11 is 5.63. The van der Waals surface area contributed by atoms with Crippen molar-refractivity contribution in [3.05, 3.63) is 58.6 Å². The maximum atomic E-state index is 13.4. The normalized spacial score (nSPS) is 22.8. The first kappa shape index (κ1) is 22.2. The molecule has 7 nitrogen and oxygen atoms in total. The number of nitrogens with one attached hydrogen (secondary N) is 2. The van der Waals surface area contributed by atoms with Gasteiger partial charge in [-0.3, -0.25) is 19.4 Å². The minimum Gasteiger partial charge on any atom is -0.484 e. The van der Waals surface area contributed by atoms with Crippen molar-refractivity contribution in [2.75, 3.05) is 13.2 Å². The first-order chi connectivity index (χ1) is 15.2. The molecule has 0 radical (unpaired) electrons. The van der Waals surface area contributed by atoms with Gasteiger partial charge in [-0.2, -0.15) is 0 Å². The highest BCUT2D eigenvalue weighted by Crippen LogP contribution is 2.69. The summed E-state index contributed by atoms with van der Waals surface area (Å²) in [6.45, 7) is 2.12. The average molecular weight is 460 g/mol. The van der Waals surface area contributed by atoms with E-state index >= 15 is 0 Å². The number of ketones is 1. The summed E-state index contributed by atoms with van der Waals surface area (Å²) in [5.74, 6) is -0.958. The third kappa shape index (κ3) is 4.46. The molecule has 168 valence electrons. The summed E-state index contributed by atoms with van der Waals surface area (Å²) in [6, 6.07) is 7.17. The van der Waals surface area contributed by atoms with Gasteiger partial charge in [-0.15, -0.1) is 0 Å². The molecule has 3 saturated carbocycles. The van der Waals surface area contributed by atoms with Gasteiger partial charge < -0.3 is 15.4 Å². The fraction of sp³-hybridized carbons (Fsp3) is 0.391. The van der Waals surface area contributed by atoms with Crippen molar-refractivity contribution >= 4 is 29.2 Å². The second-order valence-corrected chi connectivity index (χ2v) is 9.02. The maximum Gasteiger partial charge on any atom is 0.258 e. The lowest BCUT2D eigenvalue weighted by Gasteiger charge is -2.70. The highest BCUT2D eigenvalue weighted by molar-refractivity contribution is 6.30. The van der Waals surface area contributed by atoms with Crippen LogP contribution < -0.4 is 15.4 Å². The fourth-order valence-electron chi connectivity index (χ4n) is 4.75. The van der Waals surface area contributed by atoms with E-state index in [4.69, 9.17) is 16.3 Å². The van der Waals surface area contributed by atoms with Crippen LogP contribution in [0.25, 0.3) is 0 Å². The van der Waals surface area contributed by atoms with Gasteiger partial charge in [0, 0.05) is 30.8 Å². The van der Waals surface area contributed by atoms with Crippen molar-refractivity contribution in [3.8, 4) is 5.75 Å². The Morgan fingerprint density at radius 2 is 1.94 bits per heavy atom. The first-order valence-corrected chi connectivity index (χ1v) is 10.8. The van der Waals surface area contributed by atoms with Crippen molar-refractivity contribution < 1.29 is 23.5 Å². The second kappa shape index (κ2) is 8.50. The molecular weight excluding hydrogens is 437 g/mol. The number of benzene rings is 1. The number of rotatable bonds is 9. The van der Waals surface area contributed by atoms with Crippen molar-refractivity contribution in [1.82, 2.24) is 15.6 Å². The molecular formula is C23H23ClFN3O4. The molecule has 1 heterocycles. The quantitative estimate of drug-likeness (QED) is 0.561. The van der Waals surface area contributed by atoms with Gasteiger partial charge in [0.25, 0.3) is 11.8 Å². The van der Waals surface area contributed by atoms with Crippen LogP contribution in [-0.2, 0) is 4.79 Å².